The fourth-order valence-electron chi connectivity index (χ4n) is 1.86. The monoisotopic (exact) mass is 237 g/mol. The van der Waals surface area contributed by atoms with Gasteiger partial charge in [0.05, 0.1) is 4.92 Å². The van der Waals surface area contributed by atoms with E-state index in [0.717, 1.165) is 5.56 Å². The SMILES string of the molecule is C/C=C(/c1ccc(Cl)c([N+](=O)[O-])c1)C1CC1. The third-order valence-corrected chi connectivity index (χ3v) is 3.12. The van der Waals surface area contributed by atoms with E-state index in [1.165, 1.54) is 18.4 Å². The van der Waals surface area contributed by atoms with Gasteiger partial charge in [-0.25, -0.2) is 0 Å². The number of benzene rings is 1. The molecule has 0 aliphatic heterocycles. The molecule has 0 amide bonds. The largest absolute Gasteiger partial charge is 0.288 e. The zero-order valence-electron chi connectivity index (χ0n) is 8.94. The molecule has 1 aliphatic rings. The highest BCUT2D eigenvalue weighted by Crippen LogP contribution is 2.43. The van der Waals surface area contributed by atoms with Crippen molar-refractivity contribution in [1.82, 2.24) is 0 Å². The lowest BCUT2D eigenvalue weighted by Crippen LogP contribution is -1.93. The second kappa shape index (κ2) is 4.26. The van der Waals surface area contributed by atoms with Crippen molar-refractivity contribution in [2.75, 3.05) is 0 Å². The first-order chi connectivity index (χ1) is 7.63. The average molecular weight is 238 g/mol. The number of allylic oxidation sites excluding steroid dienone is 2. The van der Waals surface area contributed by atoms with Gasteiger partial charge in [-0.2, -0.15) is 0 Å². The molecule has 1 fully saturated rings. The predicted molar refractivity (Wildman–Crippen MR) is 64.5 cm³/mol. The Morgan fingerprint density at radius 1 is 1.56 bits per heavy atom. The predicted octanol–water partition coefficient (Wildman–Crippen LogP) is 4.06. The topological polar surface area (TPSA) is 43.1 Å². The zero-order valence-corrected chi connectivity index (χ0v) is 9.70. The van der Waals surface area contributed by atoms with Crippen LogP contribution in [-0.4, -0.2) is 4.92 Å². The normalized spacial score (nSPS) is 16.2. The van der Waals surface area contributed by atoms with Crippen molar-refractivity contribution in [2.45, 2.75) is 19.8 Å². The summed E-state index contributed by atoms with van der Waals surface area (Å²) in [6, 6.07) is 5.01. The van der Waals surface area contributed by atoms with Crippen molar-refractivity contribution in [2.24, 2.45) is 5.92 Å². The highest BCUT2D eigenvalue weighted by Gasteiger charge is 2.27. The van der Waals surface area contributed by atoms with Crippen LogP contribution in [-0.2, 0) is 0 Å². The standard InChI is InChI=1S/C12H12ClNO2/c1-2-10(8-3-4-8)9-5-6-11(13)12(7-9)14(15)16/h2,5-8H,3-4H2,1H3/b10-2+. The van der Waals surface area contributed by atoms with E-state index >= 15 is 0 Å². The lowest BCUT2D eigenvalue weighted by atomic mass is 10.0. The molecular weight excluding hydrogens is 226 g/mol. The highest BCUT2D eigenvalue weighted by atomic mass is 35.5. The van der Waals surface area contributed by atoms with E-state index in [0.29, 0.717) is 5.92 Å². The van der Waals surface area contributed by atoms with Gasteiger partial charge in [0.2, 0.25) is 0 Å². The van der Waals surface area contributed by atoms with Gasteiger partial charge >= 0.3 is 0 Å². The quantitative estimate of drug-likeness (QED) is 0.588. The Hall–Kier alpha value is -1.35. The molecule has 0 aromatic heterocycles. The third kappa shape index (κ3) is 2.09. The maximum atomic E-state index is 10.8. The fourth-order valence-corrected chi connectivity index (χ4v) is 2.05. The second-order valence-corrected chi connectivity index (χ2v) is 4.35. The Morgan fingerprint density at radius 2 is 2.25 bits per heavy atom. The van der Waals surface area contributed by atoms with Crippen molar-refractivity contribution >= 4 is 22.9 Å². The molecule has 0 radical (unpaired) electrons. The molecule has 0 saturated heterocycles. The van der Waals surface area contributed by atoms with Crippen LogP contribution in [0.15, 0.2) is 24.3 Å². The number of halogens is 1. The van der Waals surface area contributed by atoms with Crippen LogP contribution in [0.3, 0.4) is 0 Å². The lowest BCUT2D eigenvalue weighted by Gasteiger charge is -2.05. The molecule has 0 heterocycles. The highest BCUT2D eigenvalue weighted by molar-refractivity contribution is 6.32. The van der Waals surface area contributed by atoms with Crippen LogP contribution < -0.4 is 0 Å². The first-order valence-electron chi connectivity index (χ1n) is 5.24. The summed E-state index contributed by atoms with van der Waals surface area (Å²) < 4.78 is 0. The number of rotatable bonds is 3. The summed E-state index contributed by atoms with van der Waals surface area (Å²) in [5.41, 5.74) is 2.10. The van der Waals surface area contributed by atoms with Gasteiger partial charge in [-0.3, -0.25) is 10.1 Å². The Labute approximate surface area is 98.9 Å². The van der Waals surface area contributed by atoms with Gasteiger partial charge in [-0.15, -0.1) is 0 Å². The van der Waals surface area contributed by atoms with Gasteiger partial charge in [0, 0.05) is 6.07 Å². The molecular formula is C12H12ClNO2. The number of nitro groups is 1. The maximum absolute atomic E-state index is 10.8. The number of hydrogen-bond donors (Lipinski definition) is 0. The Balaban J connectivity index is 2.42. The van der Waals surface area contributed by atoms with Crippen LogP contribution in [0.1, 0.15) is 25.3 Å². The van der Waals surface area contributed by atoms with Crippen molar-refractivity contribution < 1.29 is 4.92 Å². The minimum Gasteiger partial charge on any atom is -0.258 e. The molecule has 0 atom stereocenters. The molecule has 0 N–H and O–H groups in total. The molecule has 0 spiro atoms. The molecule has 1 aromatic carbocycles. The van der Waals surface area contributed by atoms with Crippen LogP contribution >= 0.6 is 11.6 Å². The zero-order chi connectivity index (χ0) is 11.7. The van der Waals surface area contributed by atoms with E-state index in [9.17, 15) is 10.1 Å². The molecule has 3 nitrogen and oxygen atoms in total. The molecule has 1 aromatic rings. The molecule has 0 unspecified atom stereocenters. The van der Waals surface area contributed by atoms with E-state index < -0.39 is 4.92 Å². The van der Waals surface area contributed by atoms with Gasteiger partial charge in [-0.05, 0) is 42.9 Å². The molecule has 4 heteroatoms. The molecule has 0 bridgehead atoms. The summed E-state index contributed by atoms with van der Waals surface area (Å²) in [6.45, 7) is 1.97. The minimum atomic E-state index is -0.438. The first kappa shape index (κ1) is 11.1. The first-order valence-corrected chi connectivity index (χ1v) is 5.61. The van der Waals surface area contributed by atoms with Crippen molar-refractivity contribution in [3.05, 3.63) is 45.0 Å². The minimum absolute atomic E-state index is 0.0147. The molecule has 1 aliphatic carbocycles. The number of hydrogen-bond acceptors (Lipinski definition) is 2. The Kier molecular flexibility index (Phi) is 2.97. The summed E-state index contributed by atoms with van der Waals surface area (Å²) >= 11 is 5.77. The fraction of sp³-hybridized carbons (Fsp3) is 0.333. The van der Waals surface area contributed by atoms with Gasteiger partial charge in [0.1, 0.15) is 5.02 Å². The van der Waals surface area contributed by atoms with E-state index in [1.807, 2.05) is 19.1 Å². The van der Waals surface area contributed by atoms with Crippen molar-refractivity contribution in [3.8, 4) is 0 Å². The Bertz CT molecular complexity index is 464. The van der Waals surface area contributed by atoms with Gasteiger partial charge in [0.15, 0.2) is 0 Å². The molecule has 84 valence electrons. The van der Waals surface area contributed by atoms with Gasteiger partial charge < -0.3 is 0 Å². The average Bonchev–Trinajstić information content (AvgIpc) is 3.05. The van der Waals surface area contributed by atoms with E-state index in [2.05, 4.69) is 0 Å². The van der Waals surface area contributed by atoms with Crippen LogP contribution in [0.5, 0.6) is 0 Å². The summed E-state index contributed by atoms with van der Waals surface area (Å²) in [7, 11) is 0. The lowest BCUT2D eigenvalue weighted by molar-refractivity contribution is -0.384. The van der Waals surface area contributed by atoms with Crippen LogP contribution in [0.2, 0.25) is 5.02 Å². The van der Waals surface area contributed by atoms with Crippen LogP contribution in [0.25, 0.3) is 5.57 Å². The van der Waals surface area contributed by atoms with Gasteiger partial charge in [-0.1, -0.05) is 23.7 Å². The summed E-state index contributed by atoms with van der Waals surface area (Å²) in [5, 5.41) is 11.0. The third-order valence-electron chi connectivity index (χ3n) is 2.80. The number of nitrogens with zero attached hydrogens (tertiary/aromatic N) is 1. The summed E-state index contributed by atoms with van der Waals surface area (Å²) in [5.74, 6) is 0.575. The number of nitro benzene ring substituents is 1. The van der Waals surface area contributed by atoms with Crippen molar-refractivity contribution in [1.29, 1.82) is 0 Å². The summed E-state index contributed by atoms with van der Waals surface area (Å²) in [4.78, 5) is 10.3. The van der Waals surface area contributed by atoms with Crippen molar-refractivity contribution in [3.63, 3.8) is 0 Å². The smallest absolute Gasteiger partial charge is 0.258 e. The van der Waals surface area contributed by atoms with Crippen LogP contribution in [0, 0.1) is 16.0 Å². The second-order valence-electron chi connectivity index (χ2n) is 3.94. The van der Waals surface area contributed by atoms with Crippen LogP contribution in [0.4, 0.5) is 5.69 Å². The Morgan fingerprint density at radius 3 is 2.75 bits per heavy atom. The maximum Gasteiger partial charge on any atom is 0.288 e. The van der Waals surface area contributed by atoms with E-state index in [4.69, 9.17) is 11.6 Å². The van der Waals surface area contributed by atoms with E-state index in [-0.39, 0.29) is 10.7 Å². The van der Waals surface area contributed by atoms with E-state index in [1.54, 1.807) is 12.1 Å². The molecule has 2 rings (SSSR count). The molecule has 16 heavy (non-hydrogen) atoms. The molecule has 1 saturated carbocycles. The summed E-state index contributed by atoms with van der Waals surface area (Å²) in [6.07, 6.45) is 4.39. The van der Waals surface area contributed by atoms with Gasteiger partial charge in [0.25, 0.3) is 5.69 Å².